The summed E-state index contributed by atoms with van der Waals surface area (Å²) in [6, 6.07) is -0.729. The van der Waals surface area contributed by atoms with Gasteiger partial charge in [-0.3, -0.25) is 4.79 Å². The Morgan fingerprint density at radius 1 is 1.28 bits per heavy atom. The van der Waals surface area contributed by atoms with E-state index in [1.165, 1.54) is 32.1 Å². The fourth-order valence-corrected chi connectivity index (χ4v) is 2.63. The summed E-state index contributed by atoms with van der Waals surface area (Å²) in [5.41, 5.74) is 0. The summed E-state index contributed by atoms with van der Waals surface area (Å²) in [5, 5.41) is 11.4. The third-order valence-electron chi connectivity index (χ3n) is 3.78. The summed E-state index contributed by atoms with van der Waals surface area (Å²) in [7, 11) is 0. The van der Waals surface area contributed by atoms with E-state index in [1.807, 2.05) is 0 Å². The normalized spacial score (nSPS) is 18.3. The van der Waals surface area contributed by atoms with Gasteiger partial charge in [-0.15, -0.1) is 0 Å². The van der Waals surface area contributed by atoms with Crippen LogP contribution in [0.25, 0.3) is 0 Å². The van der Waals surface area contributed by atoms with Gasteiger partial charge < -0.3 is 10.4 Å². The van der Waals surface area contributed by atoms with Gasteiger partial charge in [0.1, 0.15) is 6.04 Å². The topological polar surface area (TPSA) is 66.4 Å². The maximum atomic E-state index is 11.6. The Balaban J connectivity index is 2.14. The van der Waals surface area contributed by atoms with Gasteiger partial charge in [0.05, 0.1) is 0 Å². The van der Waals surface area contributed by atoms with Crippen LogP contribution in [0, 0.1) is 5.92 Å². The molecule has 0 aromatic rings. The van der Waals surface area contributed by atoms with Crippen molar-refractivity contribution in [3.63, 3.8) is 0 Å². The number of nitrogens with one attached hydrogen (secondary N) is 1. The fraction of sp³-hybridized carbons (Fsp3) is 0.857. The van der Waals surface area contributed by atoms with Crippen LogP contribution in [0.3, 0.4) is 0 Å². The number of hydrogen-bond donors (Lipinski definition) is 2. The number of carboxylic acid groups (broad SMARTS) is 1. The third-order valence-corrected chi connectivity index (χ3v) is 3.78. The molecule has 0 saturated heterocycles. The lowest BCUT2D eigenvalue weighted by molar-refractivity contribution is -0.141. The highest BCUT2D eigenvalue weighted by molar-refractivity contribution is 5.83. The SMILES string of the molecule is CC[C@@H](NC(=O)CCCC1CCCCC1)C(=O)O. The van der Waals surface area contributed by atoms with Crippen molar-refractivity contribution in [1.82, 2.24) is 5.32 Å². The van der Waals surface area contributed by atoms with E-state index in [0.29, 0.717) is 12.8 Å². The molecule has 1 aliphatic rings. The van der Waals surface area contributed by atoms with E-state index in [2.05, 4.69) is 5.32 Å². The molecule has 4 nitrogen and oxygen atoms in total. The van der Waals surface area contributed by atoms with Crippen LogP contribution in [0.2, 0.25) is 0 Å². The molecule has 1 atom stereocenters. The van der Waals surface area contributed by atoms with Gasteiger partial charge in [0.25, 0.3) is 0 Å². The zero-order valence-electron chi connectivity index (χ0n) is 11.3. The summed E-state index contributed by atoms with van der Waals surface area (Å²) >= 11 is 0. The van der Waals surface area contributed by atoms with Crippen LogP contribution in [0.1, 0.15) is 64.7 Å². The Hall–Kier alpha value is -1.06. The van der Waals surface area contributed by atoms with Crippen molar-refractivity contribution in [2.45, 2.75) is 70.8 Å². The average molecular weight is 255 g/mol. The molecule has 0 aliphatic heterocycles. The minimum absolute atomic E-state index is 0.125. The molecule has 0 bridgehead atoms. The van der Waals surface area contributed by atoms with E-state index < -0.39 is 12.0 Å². The lowest BCUT2D eigenvalue weighted by atomic mass is 9.86. The first kappa shape index (κ1) is 15.0. The zero-order valence-corrected chi connectivity index (χ0v) is 11.3. The molecule has 1 saturated carbocycles. The molecule has 0 heterocycles. The van der Waals surface area contributed by atoms with Crippen LogP contribution in [0.15, 0.2) is 0 Å². The molecule has 0 spiro atoms. The van der Waals surface area contributed by atoms with Crippen LogP contribution in [-0.4, -0.2) is 23.0 Å². The molecule has 1 aliphatic carbocycles. The first-order valence-corrected chi connectivity index (χ1v) is 7.15. The van der Waals surface area contributed by atoms with Gasteiger partial charge in [-0.25, -0.2) is 4.79 Å². The van der Waals surface area contributed by atoms with E-state index in [4.69, 9.17) is 5.11 Å². The van der Waals surface area contributed by atoms with Gasteiger partial charge in [0.2, 0.25) is 5.91 Å². The van der Waals surface area contributed by atoms with Crippen LogP contribution in [0.5, 0.6) is 0 Å². The van der Waals surface area contributed by atoms with Crippen LogP contribution >= 0.6 is 0 Å². The van der Waals surface area contributed by atoms with E-state index in [0.717, 1.165) is 18.8 Å². The summed E-state index contributed by atoms with van der Waals surface area (Å²) in [5.74, 6) is -0.286. The van der Waals surface area contributed by atoms with Crippen molar-refractivity contribution in [3.8, 4) is 0 Å². The number of carboxylic acids is 1. The van der Waals surface area contributed by atoms with Gasteiger partial charge in [0, 0.05) is 6.42 Å². The number of carbonyl (C=O) groups is 2. The first-order chi connectivity index (χ1) is 8.63. The van der Waals surface area contributed by atoms with Crippen molar-refractivity contribution in [2.24, 2.45) is 5.92 Å². The van der Waals surface area contributed by atoms with Gasteiger partial charge in [-0.2, -0.15) is 0 Å². The highest BCUT2D eigenvalue weighted by atomic mass is 16.4. The van der Waals surface area contributed by atoms with Crippen molar-refractivity contribution in [2.75, 3.05) is 0 Å². The zero-order chi connectivity index (χ0) is 13.4. The number of carbonyl (C=O) groups excluding carboxylic acids is 1. The number of aliphatic carboxylic acids is 1. The van der Waals surface area contributed by atoms with Gasteiger partial charge in [0.15, 0.2) is 0 Å². The standard InChI is InChI=1S/C14H25NO3/c1-2-12(14(17)18)15-13(16)10-6-9-11-7-4-3-5-8-11/h11-12H,2-10H2,1H3,(H,15,16)(H,17,18)/t12-/m1/s1. The van der Waals surface area contributed by atoms with E-state index in [1.54, 1.807) is 6.92 Å². The smallest absolute Gasteiger partial charge is 0.326 e. The van der Waals surface area contributed by atoms with Crippen LogP contribution in [-0.2, 0) is 9.59 Å². The number of hydrogen-bond acceptors (Lipinski definition) is 2. The fourth-order valence-electron chi connectivity index (χ4n) is 2.63. The van der Waals surface area contributed by atoms with Crippen LogP contribution < -0.4 is 5.32 Å². The Bertz CT molecular complexity index is 272. The molecule has 0 aromatic carbocycles. The third kappa shape index (κ3) is 5.52. The quantitative estimate of drug-likeness (QED) is 0.735. The largest absolute Gasteiger partial charge is 0.480 e. The molecular formula is C14H25NO3. The van der Waals surface area contributed by atoms with Crippen LogP contribution in [0.4, 0.5) is 0 Å². The molecule has 0 unspecified atom stereocenters. The Labute approximate surface area is 109 Å². The summed E-state index contributed by atoms with van der Waals surface area (Å²) in [6.07, 6.45) is 9.49. The Morgan fingerprint density at radius 2 is 1.94 bits per heavy atom. The van der Waals surface area contributed by atoms with Crippen molar-refractivity contribution >= 4 is 11.9 Å². The van der Waals surface area contributed by atoms with Crippen molar-refractivity contribution in [3.05, 3.63) is 0 Å². The highest BCUT2D eigenvalue weighted by Gasteiger charge is 2.18. The summed E-state index contributed by atoms with van der Waals surface area (Å²) in [6.45, 7) is 1.76. The molecule has 1 rings (SSSR count). The van der Waals surface area contributed by atoms with Crippen molar-refractivity contribution < 1.29 is 14.7 Å². The molecule has 1 amide bonds. The Kier molecular flexibility index (Phi) is 6.76. The molecule has 0 aromatic heterocycles. The molecule has 104 valence electrons. The second-order valence-corrected chi connectivity index (χ2v) is 5.26. The van der Waals surface area contributed by atoms with E-state index in [-0.39, 0.29) is 5.91 Å². The second-order valence-electron chi connectivity index (χ2n) is 5.26. The molecule has 1 fully saturated rings. The predicted molar refractivity (Wildman–Crippen MR) is 70.3 cm³/mol. The highest BCUT2D eigenvalue weighted by Crippen LogP contribution is 2.27. The van der Waals surface area contributed by atoms with E-state index >= 15 is 0 Å². The minimum atomic E-state index is -0.946. The number of amides is 1. The molecule has 0 radical (unpaired) electrons. The monoisotopic (exact) mass is 255 g/mol. The second kappa shape index (κ2) is 8.11. The molecular weight excluding hydrogens is 230 g/mol. The minimum Gasteiger partial charge on any atom is -0.480 e. The maximum absolute atomic E-state index is 11.6. The summed E-state index contributed by atoms with van der Waals surface area (Å²) in [4.78, 5) is 22.4. The lowest BCUT2D eigenvalue weighted by Crippen LogP contribution is -2.40. The predicted octanol–water partition coefficient (Wildman–Crippen LogP) is 2.72. The van der Waals surface area contributed by atoms with E-state index in [9.17, 15) is 9.59 Å². The maximum Gasteiger partial charge on any atom is 0.326 e. The molecule has 4 heteroatoms. The van der Waals surface area contributed by atoms with Gasteiger partial charge in [-0.05, 0) is 25.2 Å². The average Bonchev–Trinajstić information content (AvgIpc) is 2.37. The summed E-state index contributed by atoms with van der Waals surface area (Å²) < 4.78 is 0. The molecule has 18 heavy (non-hydrogen) atoms. The van der Waals surface area contributed by atoms with Crippen molar-refractivity contribution in [1.29, 1.82) is 0 Å². The first-order valence-electron chi connectivity index (χ1n) is 7.15. The van der Waals surface area contributed by atoms with Gasteiger partial charge in [-0.1, -0.05) is 39.0 Å². The lowest BCUT2D eigenvalue weighted by Gasteiger charge is -2.21. The molecule has 2 N–H and O–H groups in total. The Morgan fingerprint density at radius 3 is 2.50 bits per heavy atom. The number of rotatable bonds is 7. The van der Waals surface area contributed by atoms with Gasteiger partial charge >= 0.3 is 5.97 Å².